The molecule has 3 aromatic rings. The van der Waals surface area contributed by atoms with Crippen molar-refractivity contribution in [3.63, 3.8) is 0 Å². The predicted octanol–water partition coefficient (Wildman–Crippen LogP) is 7.65. The minimum absolute atomic E-state index is 0.152. The van der Waals surface area contributed by atoms with Crippen LogP contribution in [-0.2, 0) is 64.1 Å². The van der Waals surface area contributed by atoms with E-state index in [1.165, 1.54) is 38.0 Å². The number of carbonyl (C=O) groups is 3. The normalized spacial score (nSPS) is 22.2. The van der Waals surface area contributed by atoms with E-state index < -0.39 is 0 Å². The van der Waals surface area contributed by atoms with Gasteiger partial charge in [0.05, 0.1) is 40.6 Å². The molecule has 0 amide bonds. The number of phenolic OH excluding ortho intramolecular Hbond substituents is 3. The molecule has 3 aromatic carbocycles. The molecule has 51 heavy (non-hydrogen) atoms. The molecule has 1 unspecified atom stereocenters. The van der Waals surface area contributed by atoms with Gasteiger partial charge in [0.1, 0.15) is 17.2 Å². The summed E-state index contributed by atoms with van der Waals surface area (Å²) >= 11 is 0. The molecular weight excluding hydrogens is 648 g/mol. The van der Waals surface area contributed by atoms with Crippen LogP contribution in [0.25, 0.3) is 0 Å². The summed E-state index contributed by atoms with van der Waals surface area (Å²) in [6, 6.07) is 16.4. The number of methoxy groups -OCH3 is 3. The van der Waals surface area contributed by atoms with Gasteiger partial charge in [0.25, 0.3) is 0 Å². The Morgan fingerprint density at radius 3 is 0.980 bits per heavy atom. The molecule has 0 fully saturated rings. The second kappa shape index (κ2) is 16.7. The summed E-state index contributed by atoms with van der Waals surface area (Å²) in [5.41, 5.74) is 6.63. The minimum Gasteiger partial charge on any atom is -0.508 e. The summed E-state index contributed by atoms with van der Waals surface area (Å²) in [6.07, 6.45) is 9.65. The van der Waals surface area contributed by atoms with E-state index in [2.05, 4.69) is 20.8 Å². The van der Waals surface area contributed by atoms with Crippen molar-refractivity contribution in [3.8, 4) is 17.2 Å². The van der Waals surface area contributed by atoms with E-state index in [9.17, 15) is 29.7 Å². The van der Waals surface area contributed by atoms with Gasteiger partial charge in [0.2, 0.25) is 0 Å². The van der Waals surface area contributed by atoms with Crippen molar-refractivity contribution in [2.75, 3.05) is 21.3 Å². The van der Waals surface area contributed by atoms with Gasteiger partial charge in [0.15, 0.2) is 0 Å². The molecule has 3 aliphatic rings. The Balaban J connectivity index is 0.000000172. The Morgan fingerprint density at radius 1 is 0.510 bits per heavy atom. The number of hydrogen-bond donors (Lipinski definition) is 3. The third-order valence-electron chi connectivity index (χ3n) is 11.8. The lowest BCUT2D eigenvalue weighted by atomic mass is 9.76. The van der Waals surface area contributed by atoms with Gasteiger partial charge in [-0.3, -0.25) is 14.4 Å². The quantitative estimate of drug-likeness (QED) is 0.152. The van der Waals surface area contributed by atoms with Crippen molar-refractivity contribution in [1.29, 1.82) is 0 Å². The van der Waals surface area contributed by atoms with Crippen LogP contribution in [0.15, 0.2) is 54.6 Å². The van der Waals surface area contributed by atoms with E-state index in [0.29, 0.717) is 19.3 Å². The zero-order valence-corrected chi connectivity index (χ0v) is 31.0. The smallest absolute Gasteiger partial charge is 0.306 e. The van der Waals surface area contributed by atoms with E-state index in [-0.39, 0.29) is 51.4 Å². The van der Waals surface area contributed by atoms with Gasteiger partial charge < -0.3 is 29.5 Å². The molecule has 0 saturated carbocycles. The molecule has 6 rings (SSSR count). The molecule has 0 spiro atoms. The van der Waals surface area contributed by atoms with Crippen LogP contribution in [0.1, 0.15) is 112 Å². The summed E-state index contributed by atoms with van der Waals surface area (Å²) in [5.74, 6) is 0.282. The molecule has 3 atom stereocenters. The third kappa shape index (κ3) is 8.51. The van der Waals surface area contributed by atoms with Crippen LogP contribution in [0.2, 0.25) is 0 Å². The third-order valence-corrected chi connectivity index (χ3v) is 11.8. The molecule has 9 heteroatoms. The second-order valence-electron chi connectivity index (χ2n) is 14.2. The minimum atomic E-state index is -0.178. The highest BCUT2D eigenvalue weighted by atomic mass is 16.5. The molecule has 0 radical (unpaired) electrons. The lowest BCUT2D eigenvalue weighted by Gasteiger charge is -2.28. The zero-order chi connectivity index (χ0) is 37.4. The summed E-state index contributed by atoms with van der Waals surface area (Å²) < 4.78 is 14.3. The van der Waals surface area contributed by atoms with Gasteiger partial charge in [-0.05, 0) is 128 Å². The maximum absolute atomic E-state index is 11.5. The highest BCUT2D eigenvalue weighted by Gasteiger charge is 2.41. The number of rotatable bonds is 9. The van der Waals surface area contributed by atoms with Gasteiger partial charge in [-0.2, -0.15) is 0 Å². The molecule has 0 bridgehead atoms. The van der Waals surface area contributed by atoms with Crippen molar-refractivity contribution in [3.05, 3.63) is 88.0 Å². The molecule has 0 aromatic heterocycles. The molecule has 0 heterocycles. The predicted molar refractivity (Wildman–Crippen MR) is 195 cm³/mol. The van der Waals surface area contributed by atoms with E-state index >= 15 is 0 Å². The summed E-state index contributed by atoms with van der Waals surface area (Å²) in [6.45, 7) is 6.26. The van der Waals surface area contributed by atoms with Crippen LogP contribution >= 0.6 is 0 Å². The van der Waals surface area contributed by atoms with Crippen molar-refractivity contribution < 1.29 is 43.9 Å². The lowest BCUT2D eigenvalue weighted by Crippen LogP contribution is -2.26. The Labute approximate surface area is 302 Å². The van der Waals surface area contributed by atoms with E-state index in [1.54, 1.807) is 36.4 Å². The molecular formula is C42H54O9. The summed E-state index contributed by atoms with van der Waals surface area (Å²) in [5, 5.41) is 28.8. The number of fused-ring (bicyclic) bond motifs is 3. The molecule has 3 N–H and O–H groups in total. The monoisotopic (exact) mass is 702 g/mol. The van der Waals surface area contributed by atoms with Crippen LogP contribution in [0.3, 0.4) is 0 Å². The zero-order valence-electron chi connectivity index (χ0n) is 31.0. The second-order valence-corrected chi connectivity index (χ2v) is 14.2. The first-order valence-corrected chi connectivity index (χ1v) is 18.0. The maximum Gasteiger partial charge on any atom is 0.306 e. The van der Waals surface area contributed by atoms with Crippen LogP contribution < -0.4 is 0 Å². The maximum atomic E-state index is 11.5. The van der Waals surface area contributed by atoms with Crippen molar-refractivity contribution in [2.45, 2.75) is 114 Å². The number of ether oxygens (including phenoxy) is 3. The van der Waals surface area contributed by atoms with Crippen LogP contribution in [0.5, 0.6) is 17.2 Å². The van der Waals surface area contributed by atoms with Gasteiger partial charge in [-0.1, -0.05) is 39.0 Å². The van der Waals surface area contributed by atoms with E-state index in [0.717, 1.165) is 74.5 Å². The number of benzene rings is 3. The van der Waals surface area contributed by atoms with E-state index in [4.69, 9.17) is 14.2 Å². The molecule has 9 nitrogen and oxygen atoms in total. The SMILES string of the molecule is CCC1(CC(=O)OC)CCc2ccc(O)cc21.CC[C@@]1(CC(=O)OC)CCc2ccc(O)cc21.CC[C@]1(CC(=O)OC)CCc2ccc(O)cc21. The van der Waals surface area contributed by atoms with Crippen molar-refractivity contribution in [1.82, 2.24) is 0 Å². The number of phenols is 3. The number of aromatic hydroxyl groups is 3. The number of esters is 3. The summed E-state index contributed by atoms with van der Waals surface area (Å²) in [7, 11) is 4.26. The standard InChI is InChI=1S/3C14H18O3/c3*1-3-14(9-13(16)17-2)7-6-10-4-5-11(15)8-12(10)14/h3*4-5,8,15H,3,6-7,9H2,1-2H3/t2*14-;/m10./s1. The Bertz CT molecular complexity index is 1520. The van der Waals surface area contributed by atoms with Gasteiger partial charge >= 0.3 is 17.9 Å². The number of aryl methyl sites for hydroxylation is 3. The Hall–Kier alpha value is -4.53. The fourth-order valence-corrected chi connectivity index (χ4v) is 8.43. The first-order chi connectivity index (χ1) is 24.3. The average molecular weight is 703 g/mol. The largest absolute Gasteiger partial charge is 0.508 e. The fraction of sp³-hybridized carbons (Fsp3) is 0.500. The number of carbonyl (C=O) groups excluding carboxylic acids is 3. The van der Waals surface area contributed by atoms with Gasteiger partial charge in [-0.15, -0.1) is 0 Å². The van der Waals surface area contributed by atoms with Crippen LogP contribution in [0, 0.1) is 0 Å². The van der Waals surface area contributed by atoms with E-state index in [1.807, 2.05) is 18.2 Å². The summed E-state index contributed by atoms with van der Waals surface area (Å²) in [4.78, 5) is 34.6. The number of hydrogen-bond acceptors (Lipinski definition) is 9. The topological polar surface area (TPSA) is 140 Å². The first kappa shape index (κ1) is 39.3. The molecule has 0 saturated heterocycles. The lowest BCUT2D eigenvalue weighted by molar-refractivity contribution is -0.143. The van der Waals surface area contributed by atoms with Crippen molar-refractivity contribution >= 4 is 17.9 Å². The first-order valence-electron chi connectivity index (χ1n) is 18.0. The molecule has 3 aliphatic carbocycles. The van der Waals surface area contributed by atoms with Gasteiger partial charge in [-0.25, -0.2) is 0 Å². The van der Waals surface area contributed by atoms with Crippen molar-refractivity contribution in [2.24, 2.45) is 0 Å². The highest BCUT2D eigenvalue weighted by molar-refractivity contribution is 5.73. The molecule has 276 valence electrons. The highest BCUT2D eigenvalue weighted by Crippen LogP contribution is 2.47. The Morgan fingerprint density at radius 2 is 0.765 bits per heavy atom. The van der Waals surface area contributed by atoms with Crippen LogP contribution in [0.4, 0.5) is 0 Å². The Kier molecular flexibility index (Phi) is 12.8. The van der Waals surface area contributed by atoms with Gasteiger partial charge in [0, 0.05) is 16.2 Å². The average Bonchev–Trinajstić information content (AvgIpc) is 3.80. The van der Waals surface area contributed by atoms with Crippen LogP contribution in [-0.4, -0.2) is 54.6 Å². The fourth-order valence-electron chi connectivity index (χ4n) is 8.43. The molecule has 0 aliphatic heterocycles.